The zero-order chi connectivity index (χ0) is 12.1. The highest BCUT2D eigenvalue weighted by molar-refractivity contribution is 5.50. The number of nitrogens with two attached hydrogens (primary N) is 1. The maximum absolute atomic E-state index is 13.8. The standard InChI is InChI=1S/C13H19FN2/c1-4-8-16(5-2)13-7-6-11(10(3)15)9-12(13)14/h4,6-7,9-10H,1,5,8,15H2,2-3H3/t10-/m0/s1. The topological polar surface area (TPSA) is 29.3 Å². The fourth-order valence-corrected chi connectivity index (χ4v) is 1.62. The van der Waals surface area contributed by atoms with Crippen LogP contribution in [0.2, 0.25) is 0 Å². The van der Waals surface area contributed by atoms with Crippen LogP contribution >= 0.6 is 0 Å². The second-order valence-corrected chi connectivity index (χ2v) is 3.83. The van der Waals surface area contributed by atoms with Crippen LogP contribution < -0.4 is 10.6 Å². The average molecular weight is 222 g/mol. The minimum absolute atomic E-state index is 0.141. The van der Waals surface area contributed by atoms with Gasteiger partial charge in [0.1, 0.15) is 5.82 Å². The van der Waals surface area contributed by atoms with Crippen molar-refractivity contribution in [1.82, 2.24) is 0 Å². The van der Waals surface area contributed by atoms with Crippen molar-refractivity contribution in [2.24, 2.45) is 5.73 Å². The Hall–Kier alpha value is -1.35. The van der Waals surface area contributed by atoms with Crippen LogP contribution in [0.25, 0.3) is 0 Å². The molecule has 0 bridgehead atoms. The third-order valence-electron chi connectivity index (χ3n) is 2.57. The maximum Gasteiger partial charge on any atom is 0.146 e. The number of halogens is 1. The molecule has 2 N–H and O–H groups in total. The van der Waals surface area contributed by atoms with Crippen LogP contribution in [0.1, 0.15) is 25.5 Å². The zero-order valence-corrected chi connectivity index (χ0v) is 9.91. The van der Waals surface area contributed by atoms with Crippen molar-refractivity contribution in [3.8, 4) is 0 Å². The Morgan fingerprint density at radius 3 is 2.69 bits per heavy atom. The smallest absolute Gasteiger partial charge is 0.146 e. The van der Waals surface area contributed by atoms with Gasteiger partial charge in [-0.3, -0.25) is 0 Å². The summed E-state index contributed by atoms with van der Waals surface area (Å²) in [6, 6.07) is 5.01. The summed E-state index contributed by atoms with van der Waals surface area (Å²) in [5, 5.41) is 0. The monoisotopic (exact) mass is 222 g/mol. The van der Waals surface area contributed by atoms with Gasteiger partial charge in [-0.1, -0.05) is 12.1 Å². The molecule has 0 spiro atoms. The van der Waals surface area contributed by atoms with Gasteiger partial charge in [-0.05, 0) is 31.5 Å². The molecule has 0 aromatic heterocycles. The average Bonchev–Trinajstić information content (AvgIpc) is 2.26. The Morgan fingerprint density at radius 2 is 2.25 bits per heavy atom. The van der Waals surface area contributed by atoms with Gasteiger partial charge in [0.05, 0.1) is 5.69 Å². The number of nitrogens with zero attached hydrogens (tertiary/aromatic N) is 1. The van der Waals surface area contributed by atoms with Crippen molar-refractivity contribution in [1.29, 1.82) is 0 Å². The number of benzene rings is 1. The summed E-state index contributed by atoms with van der Waals surface area (Å²) in [5.41, 5.74) is 7.12. The molecule has 16 heavy (non-hydrogen) atoms. The van der Waals surface area contributed by atoms with E-state index in [0.717, 1.165) is 12.1 Å². The fraction of sp³-hybridized carbons (Fsp3) is 0.385. The molecular weight excluding hydrogens is 203 g/mol. The van der Waals surface area contributed by atoms with Crippen LogP contribution in [0.5, 0.6) is 0 Å². The van der Waals surface area contributed by atoms with Crippen molar-refractivity contribution in [3.63, 3.8) is 0 Å². The molecule has 1 aromatic rings. The maximum atomic E-state index is 13.8. The van der Waals surface area contributed by atoms with E-state index in [9.17, 15) is 4.39 Å². The number of anilines is 1. The molecule has 1 atom stereocenters. The van der Waals surface area contributed by atoms with E-state index < -0.39 is 0 Å². The second kappa shape index (κ2) is 5.66. The lowest BCUT2D eigenvalue weighted by Gasteiger charge is -2.22. The number of hydrogen-bond acceptors (Lipinski definition) is 2. The van der Waals surface area contributed by atoms with E-state index in [1.54, 1.807) is 12.1 Å². The predicted octanol–water partition coefficient (Wildman–Crippen LogP) is 2.86. The van der Waals surface area contributed by atoms with E-state index in [0.29, 0.717) is 12.2 Å². The molecule has 0 aliphatic carbocycles. The zero-order valence-electron chi connectivity index (χ0n) is 9.91. The first-order valence-corrected chi connectivity index (χ1v) is 5.51. The molecule has 0 amide bonds. The van der Waals surface area contributed by atoms with E-state index in [2.05, 4.69) is 6.58 Å². The van der Waals surface area contributed by atoms with Gasteiger partial charge in [-0.2, -0.15) is 0 Å². The fourth-order valence-electron chi connectivity index (χ4n) is 1.62. The SMILES string of the molecule is C=CCN(CC)c1ccc([C@H](C)N)cc1F. The van der Waals surface area contributed by atoms with Crippen molar-refractivity contribution in [2.75, 3.05) is 18.0 Å². The minimum atomic E-state index is -0.224. The van der Waals surface area contributed by atoms with Crippen LogP contribution in [0.15, 0.2) is 30.9 Å². The summed E-state index contributed by atoms with van der Waals surface area (Å²) < 4.78 is 13.8. The first kappa shape index (κ1) is 12.7. The molecule has 2 nitrogen and oxygen atoms in total. The molecule has 0 heterocycles. The van der Waals surface area contributed by atoms with Gasteiger partial charge < -0.3 is 10.6 Å². The third kappa shape index (κ3) is 2.83. The third-order valence-corrected chi connectivity index (χ3v) is 2.57. The van der Waals surface area contributed by atoms with Crippen molar-refractivity contribution >= 4 is 5.69 Å². The van der Waals surface area contributed by atoms with Crippen LogP contribution in [0.3, 0.4) is 0 Å². The Kier molecular flexibility index (Phi) is 4.50. The van der Waals surface area contributed by atoms with Crippen molar-refractivity contribution < 1.29 is 4.39 Å². The van der Waals surface area contributed by atoms with E-state index in [1.165, 1.54) is 6.07 Å². The van der Waals surface area contributed by atoms with Gasteiger partial charge in [0, 0.05) is 19.1 Å². The Morgan fingerprint density at radius 1 is 1.56 bits per heavy atom. The molecule has 88 valence electrons. The molecule has 0 radical (unpaired) electrons. The minimum Gasteiger partial charge on any atom is -0.366 e. The molecule has 0 unspecified atom stereocenters. The summed E-state index contributed by atoms with van der Waals surface area (Å²) in [6.07, 6.45) is 1.77. The van der Waals surface area contributed by atoms with Crippen LogP contribution in [-0.2, 0) is 0 Å². The van der Waals surface area contributed by atoms with Gasteiger partial charge in [-0.25, -0.2) is 4.39 Å². The van der Waals surface area contributed by atoms with E-state index in [-0.39, 0.29) is 11.9 Å². The van der Waals surface area contributed by atoms with Gasteiger partial charge >= 0.3 is 0 Å². The normalized spacial score (nSPS) is 12.2. The first-order valence-electron chi connectivity index (χ1n) is 5.51. The lowest BCUT2D eigenvalue weighted by molar-refractivity contribution is 0.616. The molecule has 0 saturated heterocycles. The van der Waals surface area contributed by atoms with Crippen molar-refractivity contribution in [3.05, 3.63) is 42.2 Å². The molecule has 0 aliphatic heterocycles. The molecular formula is C13H19FN2. The number of likely N-dealkylation sites (N-methyl/N-ethyl adjacent to an activating group) is 1. The highest BCUT2D eigenvalue weighted by Gasteiger charge is 2.10. The summed E-state index contributed by atoms with van der Waals surface area (Å²) in [7, 11) is 0. The highest BCUT2D eigenvalue weighted by atomic mass is 19.1. The number of hydrogen-bond donors (Lipinski definition) is 1. The van der Waals surface area contributed by atoms with Crippen LogP contribution in [-0.4, -0.2) is 13.1 Å². The molecule has 0 fully saturated rings. The van der Waals surface area contributed by atoms with Crippen LogP contribution in [0, 0.1) is 5.82 Å². The molecule has 0 saturated carbocycles. The Bertz CT molecular complexity index is 361. The van der Waals surface area contributed by atoms with Gasteiger partial charge in [0.25, 0.3) is 0 Å². The molecule has 0 aliphatic rings. The molecule has 3 heteroatoms. The molecule has 1 rings (SSSR count). The highest BCUT2D eigenvalue weighted by Crippen LogP contribution is 2.22. The summed E-state index contributed by atoms with van der Waals surface area (Å²) in [5.74, 6) is -0.224. The van der Waals surface area contributed by atoms with Gasteiger partial charge in [-0.15, -0.1) is 6.58 Å². The van der Waals surface area contributed by atoms with Gasteiger partial charge in [0.2, 0.25) is 0 Å². The summed E-state index contributed by atoms with van der Waals surface area (Å²) in [6.45, 7) is 8.89. The van der Waals surface area contributed by atoms with E-state index >= 15 is 0 Å². The van der Waals surface area contributed by atoms with Gasteiger partial charge in [0.15, 0.2) is 0 Å². The Labute approximate surface area is 96.6 Å². The van der Waals surface area contributed by atoms with E-state index in [4.69, 9.17) is 5.73 Å². The van der Waals surface area contributed by atoms with E-state index in [1.807, 2.05) is 24.8 Å². The van der Waals surface area contributed by atoms with Crippen LogP contribution in [0.4, 0.5) is 10.1 Å². The second-order valence-electron chi connectivity index (χ2n) is 3.83. The lowest BCUT2D eigenvalue weighted by Crippen LogP contribution is -2.23. The predicted molar refractivity (Wildman–Crippen MR) is 67.1 cm³/mol. The molecule has 1 aromatic carbocycles. The largest absolute Gasteiger partial charge is 0.366 e. The Balaban J connectivity index is 3.01. The lowest BCUT2D eigenvalue weighted by atomic mass is 10.1. The quantitative estimate of drug-likeness (QED) is 0.776. The first-order chi connectivity index (χ1) is 7.60. The van der Waals surface area contributed by atoms with Crippen molar-refractivity contribution in [2.45, 2.75) is 19.9 Å². The summed E-state index contributed by atoms with van der Waals surface area (Å²) >= 11 is 0. The summed E-state index contributed by atoms with van der Waals surface area (Å²) in [4.78, 5) is 1.92. The number of rotatable bonds is 5.